The van der Waals surface area contributed by atoms with Gasteiger partial charge in [0.15, 0.2) is 0 Å². The molecule has 0 saturated heterocycles. The van der Waals surface area contributed by atoms with Gasteiger partial charge in [-0.1, -0.05) is 26.0 Å². The molecule has 1 N–H and O–H groups in total. The zero-order valence-electron chi connectivity index (χ0n) is 11.2. The third-order valence-corrected chi connectivity index (χ3v) is 2.45. The predicted molar refractivity (Wildman–Crippen MR) is 67.7 cm³/mol. The Morgan fingerprint density at radius 1 is 1.29 bits per heavy atom. The topological polar surface area (TPSA) is 57.6 Å². The van der Waals surface area contributed by atoms with Gasteiger partial charge in [0.25, 0.3) is 0 Å². The maximum atomic E-state index is 12.0. The summed E-state index contributed by atoms with van der Waals surface area (Å²) < 4.78 is 0. The van der Waals surface area contributed by atoms with E-state index >= 15 is 0 Å². The van der Waals surface area contributed by atoms with Crippen molar-refractivity contribution in [3.63, 3.8) is 0 Å². The maximum Gasteiger partial charge on any atom is 0.303 e. The minimum atomic E-state index is -0.870. The van der Waals surface area contributed by atoms with Crippen molar-refractivity contribution in [1.29, 1.82) is 0 Å². The molecule has 4 heteroatoms. The number of nitrogens with zero attached hydrogens (tertiary/aromatic N) is 1. The smallest absolute Gasteiger partial charge is 0.303 e. The van der Waals surface area contributed by atoms with Crippen LogP contribution in [0.2, 0.25) is 0 Å². The van der Waals surface area contributed by atoms with Gasteiger partial charge < -0.3 is 10.0 Å². The fourth-order valence-electron chi connectivity index (χ4n) is 1.70. The minimum absolute atomic E-state index is 0.00334. The van der Waals surface area contributed by atoms with E-state index < -0.39 is 11.4 Å². The molecule has 0 saturated carbocycles. The van der Waals surface area contributed by atoms with E-state index in [0.29, 0.717) is 13.1 Å². The lowest BCUT2D eigenvalue weighted by atomic mass is 9.85. The van der Waals surface area contributed by atoms with Crippen LogP contribution in [0.25, 0.3) is 0 Å². The summed E-state index contributed by atoms with van der Waals surface area (Å²) >= 11 is 0. The molecule has 0 aliphatic heterocycles. The summed E-state index contributed by atoms with van der Waals surface area (Å²) in [6.07, 6.45) is 0.254. The Hall–Kier alpha value is -1.32. The summed E-state index contributed by atoms with van der Waals surface area (Å²) in [5, 5.41) is 8.76. The van der Waals surface area contributed by atoms with Crippen molar-refractivity contribution in [2.24, 2.45) is 5.41 Å². The third-order valence-electron chi connectivity index (χ3n) is 2.45. The Balaban J connectivity index is 4.49. The molecule has 0 aromatic rings. The Morgan fingerprint density at radius 2 is 1.82 bits per heavy atom. The summed E-state index contributed by atoms with van der Waals surface area (Å²) in [6.45, 7) is 12.3. The fraction of sp³-hybridized carbons (Fsp3) is 0.692. The number of carbonyl (C=O) groups is 2. The van der Waals surface area contributed by atoms with Gasteiger partial charge >= 0.3 is 5.97 Å². The molecule has 1 amide bonds. The molecule has 98 valence electrons. The number of carboxylic acids is 1. The van der Waals surface area contributed by atoms with E-state index in [-0.39, 0.29) is 18.7 Å². The van der Waals surface area contributed by atoms with E-state index in [4.69, 9.17) is 5.11 Å². The molecule has 4 nitrogen and oxygen atoms in total. The van der Waals surface area contributed by atoms with Gasteiger partial charge in [-0.3, -0.25) is 9.59 Å². The van der Waals surface area contributed by atoms with E-state index in [0.717, 1.165) is 5.57 Å². The first-order valence-corrected chi connectivity index (χ1v) is 5.82. The number of carbonyl (C=O) groups excluding carboxylic acids is 1. The quantitative estimate of drug-likeness (QED) is 0.696. The van der Waals surface area contributed by atoms with E-state index in [2.05, 4.69) is 6.58 Å². The molecule has 0 rings (SSSR count). The molecule has 0 heterocycles. The highest BCUT2D eigenvalue weighted by atomic mass is 16.4. The molecule has 0 bridgehead atoms. The zero-order chi connectivity index (χ0) is 13.6. The van der Waals surface area contributed by atoms with Gasteiger partial charge in [0.1, 0.15) is 0 Å². The SMILES string of the molecule is C=C(C)CN(CC)C(=O)CC(C)(C)CC(=O)O. The Morgan fingerprint density at radius 3 is 2.18 bits per heavy atom. The van der Waals surface area contributed by atoms with Crippen molar-refractivity contribution in [3.8, 4) is 0 Å². The molecular formula is C13H23NO3. The average Bonchev–Trinajstić information content (AvgIpc) is 2.10. The van der Waals surface area contributed by atoms with Crippen LogP contribution in [0.4, 0.5) is 0 Å². The zero-order valence-corrected chi connectivity index (χ0v) is 11.2. The molecule has 0 unspecified atom stereocenters. The van der Waals surface area contributed by atoms with Crippen LogP contribution in [0.3, 0.4) is 0 Å². The highest BCUT2D eigenvalue weighted by Crippen LogP contribution is 2.26. The Bertz CT molecular complexity index is 308. The van der Waals surface area contributed by atoms with Crippen LogP contribution in [-0.2, 0) is 9.59 Å². The molecule has 0 aliphatic rings. The number of likely N-dealkylation sites (N-methyl/N-ethyl adjacent to an activating group) is 1. The second kappa shape index (κ2) is 6.42. The van der Waals surface area contributed by atoms with E-state index in [1.165, 1.54) is 0 Å². The highest BCUT2D eigenvalue weighted by Gasteiger charge is 2.27. The lowest BCUT2D eigenvalue weighted by Gasteiger charge is -2.27. The number of rotatable bonds is 7. The molecule has 0 fully saturated rings. The van der Waals surface area contributed by atoms with Crippen molar-refractivity contribution in [1.82, 2.24) is 4.90 Å². The number of aliphatic carboxylic acids is 1. The van der Waals surface area contributed by atoms with Gasteiger partial charge in [0.2, 0.25) is 5.91 Å². The van der Waals surface area contributed by atoms with Crippen LogP contribution < -0.4 is 0 Å². The Kier molecular flexibility index (Phi) is 5.93. The van der Waals surface area contributed by atoms with Crippen molar-refractivity contribution in [3.05, 3.63) is 12.2 Å². The van der Waals surface area contributed by atoms with Crippen LogP contribution in [0.1, 0.15) is 40.5 Å². The first-order valence-electron chi connectivity index (χ1n) is 5.82. The van der Waals surface area contributed by atoms with Gasteiger partial charge in [0, 0.05) is 19.5 Å². The molecule has 0 aromatic carbocycles. The van der Waals surface area contributed by atoms with Gasteiger partial charge in [0.05, 0.1) is 6.42 Å². The average molecular weight is 241 g/mol. The lowest BCUT2D eigenvalue weighted by Crippen LogP contribution is -2.35. The molecule has 17 heavy (non-hydrogen) atoms. The highest BCUT2D eigenvalue weighted by molar-refractivity contribution is 5.78. The minimum Gasteiger partial charge on any atom is -0.481 e. The van der Waals surface area contributed by atoms with E-state index in [1.54, 1.807) is 18.7 Å². The first kappa shape index (κ1) is 15.7. The number of amides is 1. The number of hydrogen-bond donors (Lipinski definition) is 1. The summed E-state index contributed by atoms with van der Waals surface area (Å²) in [7, 11) is 0. The van der Waals surface area contributed by atoms with Crippen LogP contribution in [-0.4, -0.2) is 35.0 Å². The molecule has 0 aromatic heterocycles. The summed E-state index contributed by atoms with van der Waals surface area (Å²) in [6, 6.07) is 0. The summed E-state index contributed by atoms with van der Waals surface area (Å²) in [5.74, 6) is -0.882. The molecule has 0 atom stereocenters. The van der Waals surface area contributed by atoms with Gasteiger partial charge in [-0.15, -0.1) is 0 Å². The number of hydrogen-bond acceptors (Lipinski definition) is 2. The summed E-state index contributed by atoms with van der Waals surface area (Å²) in [5.41, 5.74) is 0.419. The monoisotopic (exact) mass is 241 g/mol. The van der Waals surface area contributed by atoms with Crippen molar-refractivity contribution in [2.75, 3.05) is 13.1 Å². The van der Waals surface area contributed by atoms with E-state index in [1.807, 2.05) is 13.8 Å². The Labute approximate surface area is 103 Å². The van der Waals surface area contributed by atoms with Gasteiger partial charge in [-0.05, 0) is 19.3 Å². The van der Waals surface area contributed by atoms with Gasteiger partial charge in [-0.2, -0.15) is 0 Å². The van der Waals surface area contributed by atoms with Crippen LogP contribution in [0, 0.1) is 5.41 Å². The molecule has 0 spiro atoms. The lowest BCUT2D eigenvalue weighted by molar-refractivity contribution is -0.140. The first-order chi connectivity index (χ1) is 7.68. The second-order valence-corrected chi connectivity index (χ2v) is 5.28. The van der Waals surface area contributed by atoms with Crippen molar-refractivity contribution < 1.29 is 14.7 Å². The normalized spacial score (nSPS) is 11.1. The summed E-state index contributed by atoms with van der Waals surface area (Å²) in [4.78, 5) is 24.4. The van der Waals surface area contributed by atoms with Crippen molar-refractivity contribution >= 4 is 11.9 Å². The van der Waals surface area contributed by atoms with Gasteiger partial charge in [-0.25, -0.2) is 0 Å². The maximum absolute atomic E-state index is 12.0. The van der Waals surface area contributed by atoms with Crippen molar-refractivity contribution in [2.45, 2.75) is 40.5 Å². The van der Waals surface area contributed by atoms with E-state index in [9.17, 15) is 9.59 Å². The van der Waals surface area contributed by atoms with Crippen LogP contribution >= 0.6 is 0 Å². The second-order valence-electron chi connectivity index (χ2n) is 5.28. The third kappa shape index (κ3) is 6.76. The van der Waals surface area contributed by atoms with Crippen LogP contribution in [0.5, 0.6) is 0 Å². The largest absolute Gasteiger partial charge is 0.481 e. The molecular weight excluding hydrogens is 218 g/mol. The molecule has 0 radical (unpaired) electrons. The predicted octanol–water partition coefficient (Wildman–Crippen LogP) is 2.30. The molecule has 0 aliphatic carbocycles. The number of carboxylic acid groups (broad SMARTS) is 1. The van der Waals surface area contributed by atoms with Crippen LogP contribution in [0.15, 0.2) is 12.2 Å². The standard InChI is InChI=1S/C13H23NO3/c1-6-14(9-10(2)3)11(15)7-13(4,5)8-12(16)17/h2,6-9H2,1,3-5H3,(H,16,17). The fourth-order valence-corrected chi connectivity index (χ4v) is 1.70.